The molecule has 3 rings (SSSR count). The second-order valence-corrected chi connectivity index (χ2v) is 7.13. The van der Waals surface area contributed by atoms with E-state index in [1.54, 1.807) is 19.2 Å². The lowest BCUT2D eigenvalue weighted by Gasteiger charge is -2.09. The monoisotopic (exact) mass is 432 g/mol. The zero-order valence-electron chi connectivity index (χ0n) is 16.3. The highest BCUT2D eigenvalue weighted by Gasteiger charge is 2.20. The number of hydrogen-bond donors (Lipinski definition) is 2. The molecule has 30 heavy (non-hydrogen) atoms. The predicted molar refractivity (Wildman–Crippen MR) is 110 cm³/mol. The molecule has 0 spiro atoms. The molecule has 0 unspecified atom stereocenters. The van der Waals surface area contributed by atoms with Crippen LogP contribution in [0.25, 0.3) is 11.3 Å². The van der Waals surface area contributed by atoms with E-state index in [2.05, 4.69) is 15.7 Å². The summed E-state index contributed by atoms with van der Waals surface area (Å²) in [6.07, 6.45) is 1.44. The first kappa shape index (κ1) is 21.4. The minimum Gasteiger partial charge on any atom is -0.351 e. The molecular formula is C21H19ClF2N4O2. The third kappa shape index (κ3) is 5.01. The molecule has 156 valence electrons. The van der Waals surface area contributed by atoms with Crippen molar-refractivity contribution in [3.8, 4) is 11.3 Å². The summed E-state index contributed by atoms with van der Waals surface area (Å²) in [4.78, 5) is 24.7. The number of hydrogen-bond acceptors (Lipinski definition) is 3. The molecule has 0 aliphatic heterocycles. The number of amides is 2. The maximum Gasteiger partial charge on any atom is 0.255 e. The molecule has 2 amide bonds. The number of nitrogens with zero attached hydrogens (tertiary/aromatic N) is 2. The van der Waals surface area contributed by atoms with Crippen molar-refractivity contribution in [2.24, 2.45) is 7.05 Å². The molecule has 0 saturated heterocycles. The number of nitrogens with one attached hydrogen (secondary N) is 2. The Morgan fingerprint density at radius 3 is 2.63 bits per heavy atom. The Morgan fingerprint density at radius 1 is 1.17 bits per heavy atom. The number of halogens is 3. The van der Waals surface area contributed by atoms with E-state index in [-0.39, 0.29) is 35.7 Å². The van der Waals surface area contributed by atoms with Crippen LogP contribution in [-0.2, 0) is 11.8 Å². The standard InChI is InChI=1S/C21H19ClF2N4O2/c1-12-3-6-18(16(22)9-12)26-19(29)7-8-25-21(30)15-11-28(2)27-20(15)14-5-4-13(23)10-17(14)24/h3-6,9-11H,7-8H2,1-2H3,(H,25,30)(H,26,29). The molecule has 1 heterocycles. The average molecular weight is 433 g/mol. The van der Waals surface area contributed by atoms with Crippen LogP contribution in [0.2, 0.25) is 5.02 Å². The number of rotatable bonds is 6. The van der Waals surface area contributed by atoms with Crippen LogP contribution in [0.15, 0.2) is 42.6 Å². The summed E-state index contributed by atoms with van der Waals surface area (Å²) in [5.74, 6) is -2.39. The first-order valence-corrected chi connectivity index (χ1v) is 9.45. The molecule has 9 heteroatoms. The first-order valence-electron chi connectivity index (χ1n) is 9.08. The van der Waals surface area contributed by atoms with Gasteiger partial charge < -0.3 is 10.6 Å². The van der Waals surface area contributed by atoms with Gasteiger partial charge in [0.05, 0.1) is 16.3 Å². The van der Waals surface area contributed by atoms with Crippen LogP contribution < -0.4 is 10.6 Å². The summed E-state index contributed by atoms with van der Waals surface area (Å²) in [6.45, 7) is 1.94. The van der Waals surface area contributed by atoms with E-state index in [0.29, 0.717) is 10.7 Å². The number of carbonyl (C=O) groups excluding carboxylic acids is 2. The van der Waals surface area contributed by atoms with Crippen LogP contribution in [0.1, 0.15) is 22.3 Å². The molecular weight excluding hydrogens is 414 g/mol. The molecule has 0 bridgehead atoms. The van der Waals surface area contributed by atoms with Gasteiger partial charge in [-0.3, -0.25) is 14.3 Å². The molecule has 2 aromatic carbocycles. The third-order valence-electron chi connectivity index (χ3n) is 4.30. The van der Waals surface area contributed by atoms with E-state index >= 15 is 0 Å². The van der Waals surface area contributed by atoms with Crippen LogP contribution in [-0.4, -0.2) is 28.1 Å². The van der Waals surface area contributed by atoms with Crippen LogP contribution in [0.4, 0.5) is 14.5 Å². The van der Waals surface area contributed by atoms with Crippen molar-refractivity contribution in [3.63, 3.8) is 0 Å². The molecule has 0 radical (unpaired) electrons. The molecule has 3 aromatic rings. The Bertz CT molecular complexity index is 1110. The first-order chi connectivity index (χ1) is 14.2. The molecule has 2 N–H and O–H groups in total. The molecule has 0 fully saturated rings. The second kappa shape index (κ2) is 9.04. The molecule has 0 aliphatic rings. The lowest BCUT2D eigenvalue weighted by atomic mass is 10.1. The lowest BCUT2D eigenvalue weighted by Crippen LogP contribution is -2.28. The number of carbonyl (C=O) groups is 2. The minimum atomic E-state index is -0.822. The third-order valence-corrected chi connectivity index (χ3v) is 4.61. The predicted octanol–water partition coefficient (Wildman–Crippen LogP) is 4.09. The minimum absolute atomic E-state index is 0.00825. The normalized spacial score (nSPS) is 10.7. The van der Waals surface area contributed by atoms with Crippen molar-refractivity contribution < 1.29 is 18.4 Å². The van der Waals surface area contributed by atoms with E-state index in [4.69, 9.17) is 11.6 Å². The van der Waals surface area contributed by atoms with Gasteiger partial charge in [-0.25, -0.2) is 8.78 Å². The van der Waals surface area contributed by atoms with E-state index in [1.165, 1.54) is 16.9 Å². The van der Waals surface area contributed by atoms with Crippen molar-refractivity contribution in [2.45, 2.75) is 13.3 Å². The van der Waals surface area contributed by atoms with E-state index in [9.17, 15) is 18.4 Å². The van der Waals surface area contributed by atoms with Gasteiger partial charge in [-0.2, -0.15) is 5.10 Å². The fourth-order valence-corrected chi connectivity index (χ4v) is 3.14. The quantitative estimate of drug-likeness (QED) is 0.616. The summed E-state index contributed by atoms with van der Waals surface area (Å²) in [5, 5.41) is 9.82. The average Bonchev–Trinajstić information content (AvgIpc) is 3.05. The van der Waals surface area contributed by atoms with Crippen molar-refractivity contribution in [3.05, 3.63) is 70.4 Å². The van der Waals surface area contributed by atoms with Gasteiger partial charge in [-0.05, 0) is 36.8 Å². The van der Waals surface area contributed by atoms with Crippen LogP contribution >= 0.6 is 11.6 Å². The Hall–Kier alpha value is -3.26. The SMILES string of the molecule is Cc1ccc(NC(=O)CCNC(=O)c2cn(C)nc2-c2ccc(F)cc2F)c(Cl)c1. The van der Waals surface area contributed by atoms with Gasteiger partial charge in [0, 0.05) is 37.8 Å². The number of aromatic nitrogens is 2. The fraction of sp³-hybridized carbons (Fsp3) is 0.190. The van der Waals surface area contributed by atoms with Gasteiger partial charge in [0.15, 0.2) is 0 Å². The summed E-state index contributed by atoms with van der Waals surface area (Å²) in [7, 11) is 1.58. The van der Waals surface area contributed by atoms with Crippen molar-refractivity contribution in [1.29, 1.82) is 0 Å². The topological polar surface area (TPSA) is 76.0 Å². The van der Waals surface area contributed by atoms with E-state index in [0.717, 1.165) is 17.7 Å². The van der Waals surface area contributed by atoms with Crippen LogP contribution in [0.3, 0.4) is 0 Å². The second-order valence-electron chi connectivity index (χ2n) is 6.73. The fourth-order valence-electron chi connectivity index (χ4n) is 2.85. The summed E-state index contributed by atoms with van der Waals surface area (Å²) >= 11 is 6.09. The highest BCUT2D eigenvalue weighted by Crippen LogP contribution is 2.25. The number of aryl methyl sites for hydroxylation is 2. The van der Waals surface area contributed by atoms with Crippen LogP contribution in [0.5, 0.6) is 0 Å². The molecule has 1 aromatic heterocycles. The maximum atomic E-state index is 14.1. The Balaban J connectivity index is 1.63. The van der Waals surface area contributed by atoms with Gasteiger partial charge in [0.1, 0.15) is 17.3 Å². The lowest BCUT2D eigenvalue weighted by molar-refractivity contribution is -0.116. The van der Waals surface area contributed by atoms with E-state index in [1.807, 2.05) is 13.0 Å². The van der Waals surface area contributed by atoms with Gasteiger partial charge in [0.25, 0.3) is 5.91 Å². The van der Waals surface area contributed by atoms with Gasteiger partial charge in [-0.1, -0.05) is 17.7 Å². The van der Waals surface area contributed by atoms with Crippen molar-refractivity contribution in [1.82, 2.24) is 15.1 Å². The smallest absolute Gasteiger partial charge is 0.255 e. The summed E-state index contributed by atoms with van der Waals surface area (Å²) in [5.41, 5.74) is 1.66. The molecule has 0 atom stereocenters. The molecule has 0 saturated carbocycles. The maximum absolute atomic E-state index is 14.1. The number of benzene rings is 2. The highest BCUT2D eigenvalue weighted by molar-refractivity contribution is 6.33. The molecule has 6 nitrogen and oxygen atoms in total. The summed E-state index contributed by atoms with van der Waals surface area (Å²) < 4.78 is 28.7. The summed E-state index contributed by atoms with van der Waals surface area (Å²) in [6, 6.07) is 8.30. The highest BCUT2D eigenvalue weighted by atomic mass is 35.5. The van der Waals surface area contributed by atoms with Crippen molar-refractivity contribution >= 4 is 29.1 Å². The van der Waals surface area contributed by atoms with Gasteiger partial charge in [-0.15, -0.1) is 0 Å². The van der Waals surface area contributed by atoms with E-state index < -0.39 is 17.5 Å². The Kier molecular flexibility index (Phi) is 6.47. The Labute approximate surface area is 176 Å². The van der Waals surface area contributed by atoms with Gasteiger partial charge in [0.2, 0.25) is 5.91 Å². The molecule has 0 aliphatic carbocycles. The number of anilines is 1. The largest absolute Gasteiger partial charge is 0.351 e. The zero-order chi connectivity index (χ0) is 21.8. The van der Waals surface area contributed by atoms with Crippen molar-refractivity contribution in [2.75, 3.05) is 11.9 Å². The Morgan fingerprint density at radius 2 is 1.93 bits per heavy atom. The van der Waals surface area contributed by atoms with Crippen LogP contribution in [0, 0.1) is 18.6 Å². The zero-order valence-corrected chi connectivity index (χ0v) is 17.1. The van der Waals surface area contributed by atoms with Gasteiger partial charge >= 0.3 is 0 Å².